The molecule has 3 heterocycles. The van der Waals surface area contributed by atoms with Crippen LogP contribution in [0.4, 0.5) is 5.13 Å². The van der Waals surface area contributed by atoms with Gasteiger partial charge in [-0.25, -0.2) is 4.98 Å². The van der Waals surface area contributed by atoms with Gasteiger partial charge in [0.15, 0.2) is 0 Å². The highest BCUT2D eigenvalue weighted by Gasteiger charge is 2.25. The number of carbonyl (C=O) groups is 1. The topological polar surface area (TPSA) is 70.6 Å². The molecule has 144 valence electrons. The van der Waals surface area contributed by atoms with Gasteiger partial charge in [0.2, 0.25) is 11.0 Å². The van der Waals surface area contributed by atoms with Crippen molar-refractivity contribution in [1.82, 2.24) is 19.6 Å². The molecule has 0 spiro atoms. The van der Waals surface area contributed by atoms with Gasteiger partial charge in [0, 0.05) is 56.1 Å². The predicted octanol–water partition coefficient (Wildman–Crippen LogP) is 1.86. The van der Waals surface area contributed by atoms with Gasteiger partial charge in [-0.1, -0.05) is 25.1 Å². The quantitative estimate of drug-likeness (QED) is 0.845. The molecule has 1 N–H and O–H groups in total. The van der Waals surface area contributed by atoms with Crippen LogP contribution < -0.4 is 15.0 Å². The smallest absolute Gasteiger partial charge is 0.234 e. The SMILES string of the molecule is CCc1nsc(N2CCN(CC(=O)NC3CCOc4ccccc43)CC2)n1. The summed E-state index contributed by atoms with van der Waals surface area (Å²) in [6.45, 7) is 6.63. The second-order valence-corrected chi connectivity index (χ2v) is 7.64. The molecular weight excluding hydrogens is 362 g/mol. The Hall–Kier alpha value is -2.19. The average Bonchev–Trinajstić information content (AvgIpc) is 3.18. The number of nitrogens with zero attached hydrogens (tertiary/aromatic N) is 4. The molecule has 2 aliphatic rings. The van der Waals surface area contributed by atoms with Crippen molar-refractivity contribution in [2.24, 2.45) is 0 Å². The highest BCUT2D eigenvalue weighted by atomic mass is 32.1. The van der Waals surface area contributed by atoms with Crippen molar-refractivity contribution in [3.8, 4) is 5.75 Å². The van der Waals surface area contributed by atoms with Crippen molar-refractivity contribution >= 4 is 22.6 Å². The summed E-state index contributed by atoms with van der Waals surface area (Å²) in [5, 5.41) is 4.18. The lowest BCUT2D eigenvalue weighted by atomic mass is 10.0. The number of para-hydroxylation sites is 1. The Morgan fingerprint density at radius 3 is 2.89 bits per heavy atom. The molecule has 1 aromatic carbocycles. The number of fused-ring (bicyclic) bond motifs is 1. The van der Waals surface area contributed by atoms with Crippen LogP contribution in [-0.4, -0.2) is 59.5 Å². The summed E-state index contributed by atoms with van der Waals surface area (Å²) < 4.78 is 10.0. The van der Waals surface area contributed by atoms with E-state index in [1.165, 1.54) is 11.5 Å². The van der Waals surface area contributed by atoms with Crippen LogP contribution in [0.15, 0.2) is 24.3 Å². The van der Waals surface area contributed by atoms with E-state index in [0.717, 1.165) is 61.3 Å². The van der Waals surface area contributed by atoms with E-state index in [2.05, 4.69) is 31.4 Å². The molecule has 0 bridgehead atoms. The molecule has 1 aromatic heterocycles. The number of piperazine rings is 1. The first-order chi connectivity index (χ1) is 13.2. The molecule has 27 heavy (non-hydrogen) atoms. The van der Waals surface area contributed by atoms with Crippen molar-refractivity contribution in [2.45, 2.75) is 25.8 Å². The molecule has 2 aromatic rings. The van der Waals surface area contributed by atoms with Gasteiger partial charge in [-0.3, -0.25) is 9.69 Å². The molecule has 0 radical (unpaired) electrons. The van der Waals surface area contributed by atoms with Crippen molar-refractivity contribution in [3.63, 3.8) is 0 Å². The van der Waals surface area contributed by atoms with E-state index in [1.54, 1.807) is 0 Å². The number of carbonyl (C=O) groups excluding carboxylic acids is 1. The minimum atomic E-state index is 0.0394. The van der Waals surface area contributed by atoms with Gasteiger partial charge in [-0.15, -0.1) is 0 Å². The zero-order chi connectivity index (χ0) is 18.6. The fourth-order valence-corrected chi connectivity index (χ4v) is 4.35. The number of ether oxygens (including phenoxy) is 1. The fraction of sp³-hybridized carbons (Fsp3) is 0.526. The third-order valence-electron chi connectivity index (χ3n) is 5.08. The Morgan fingerprint density at radius 2 is 2.11 bits per heavy atom. The summed E-state index contributed by atoms with van der Waals surface area (Å²) >= 11 is 1.47. The number of hydrogen-bond donors (Lipinski definition) is 1. The number of hydrogen-bond acceptors (Lipinski definition) is 7. The molecule has 1 fully saturated rings. The molecule has 2 aliphatic heterocycles. The monoisotopic (exact) mass is 387 g/mol. The Morgan fingerprint density at radius 1 is 1.30 bits per heavy atom. The molecule has 4 rings (SSSR count). The van der Waals surface area contributed by atoms with Crippen LogP contribution in [0.3, 0.4) is 0 Å². The highest BCUT2D eigenvalue weighted by Crippen LogP contribution is 2.31. The van der Waals surface area contributed by atoms with Crippen molar-refractivity contribution in [3.05, 3.63) is 35.7 Å². The fourth-order valence-electron chi connectivity index (χ4n) is 3.55. The second-order valence-electron chi connectivity index (χ2n) is 6.90. The molecule has 1 atom stereocenters. The van der Waals surface area contributed by atoms with E-state index in [0.29, 0.717) is 13.2 Å². The van der Waals surface area contributed by atoms with Crippen LogP contribution in [0.2, 0.25) is 0 Å². The van der Waals surface area contributed by atoms with E-state index < -0.39 is 0 Å². The molecule has 1 saturated heterocycles. The van der Waals surface area contributed by atoms with Gasteiger partial charge >= 0.3 is 0 Å². The number of benzene rings is 1. The number of nitrogens with one attached hydrogen (secondary N) is 1. The van der Waals surface area contributed by atoms with E-state index >= 15 is 0 Å². The predicted molar refractivity (Wildman–Crippen MR) is 105 cm³/mol. The molecular formula is C19H25N5O2S. The Balaban J connectivity index is 1.28. The number of aromatic nitrogens is 2. The zero-order valence-electron chi connectivity index (χ0n) is 15.6. The first kappa shape index (κ1) is 18.2. The van der Waals surface area contributed by atoms with Crippen molar-refractivity contribution in [1.29, 1.82) is 0 Å². The van der Waals surface area contributed by atoms with Gasteiger partial charge in [-0.05, 0) is 6.07 Å². The third kappa shape index (κ3) is 4.22. The van der Waals surface area contributed by atoms with Crippen LogP contribution in [0.1, 0.15) is 30.8 Å². The lowest BCUT2D eigenvalue weighted by Crippen LogP contribution is -2.50. The number of anilines is 1. The summed E-state index contributed by atoms with van der Waals surface area (Å²) in [5.74, 6) is 1.87. The van der Waals surface area contributed by atoms with Gasteiger partial charge < -0.3 is 15.0 Å². The standard InChI is InChI=1S/C19H25N5O2S/c1-2-17-21-19(27-22-17)24-10-8-23(9-11-24)13-18(25)20-15-7-12-26-16-6-4-3-5-14(15)16/h3-6,15H,2,7-13H2,1H3,(H,20,25). The van der Waals surface area contributed by atoms with E-state index in [-0.39, 0.29) is 11.9 Å². The minimum Gasteiger partial charge on any atom is -0.493 e. The lowest BCUT2D eigenvalue weighted by molar-refractivity contribution is -0.123. The third-order valence-corrected chi connectivity index (χ3v) is 5.89. The maximum atomic E-state index is 12.6. The van der Waals surface area contributed by atoms with Gasteiger partial charge in [0.05, 0.1) is 19.2 Å². The summed E-state index contributed by atoms with van der Waals surface area (Å²) in [4.78, 5) is 21.6. The van der Waals surface area contributed by atoms with Crippen molar-refractivity contribution < 1.29 is 9.53 Å². The molecule has 8 heteroatoms. The maximum absolute atomic E-state index is 12.6. The van der Waals surface area contributed by atoms with Crippen LogP contribution in [0.25, 0.3) is 0 Å². The van der Waals surface area contributed by atoms with Gasteiger partial charge in [0.1, 0.15) is 11.6 Å². The maximum Gasteiger partial charge on any atom is 0.234 e. The highest BCUT2D eigenvalue weighted by molar-refractivity contribution is 7.09. The summed E-state index contributed by atoms with van der Waals surface area (Å²) in [5.41, 5.74) is 1.07. The van der Waals surface area contributed by atoms with E-state index in [1.807, 2.05) is 24.3 Å². The molecule has 0 saturated carbocycles. The van der Waals surface area contributed by atoms with Crippen LogP contribution in [-0.2, 0) is 11.2 Å². The number of amides is 1. The van der Waals surface area contributed by atoms with Crippen LogP contribution in [0, 0.1) is 0 Å². The lowest BCUT2D eigenvalue weighted by Gasteiger charge is -2.34. The Bertz CT molecular complexity index is 788. The normalized spacial score (nSPS) is 20.0. The Labute approximate surface area is 163 Å². The van der Waals surface area contributed by atoms with E-state index in [9.17, 15) is 4.79 Å². The first-order valence-corrected chi connectivity index (χ1v) is 10.3. The first-order valence-electron chi connectivity index (χ1n) is 9.54. The number of rotatable bonds is 5. The number of aryl methyl sites for hydroxylation is 1. The average molecular weight is 388 g/mol. The zero-order valence-corrected chi connectivity index (χ0v) is 16.4. The minimum absolute atomic E-state index is 0.0394. The summed E-state index contributed by atoms with van der Waals surface area (Å²) in [7, 11) is 0. The van der Waals surface area contributed by atoms with Gasteiger partial charge in [-0.2, -0.15) is 4.37 Å². The van der Waals surface area contributed by atoms with Gasteiger partial charge in [0.25, 0.3) is 0 Å². The summed E-state index contributed by atoms with van der Waals surface area (Å²) in [6.07, 6.45) is 1.68. The second kappa shape index (κ2) is 8.22. The van der Waals surface area contributed by atoms with Crippen LogP contribution in [0.5, 0.6) is 5.75 Å². The Kier molecular flexibility index (Phi) is 5.54. The molecule has 1 unspecified atom stereocenters. The molecule has 1 amide bonds. The van der Waals surface area contributed by atoms with E-state index in [4.69, 9.17) is 4.74 Å². The molecule has 0 aliphatic carbocycles. The molecule has 7 nitrogen and oxygen atoms in total. The summed E-state index contributed by atoms with van der Waals surface area (Å²) in [6, 6.07) is 7.99. The van der Waals surface area contributed by atoms with Crippen molar-refractivity contribution in [2.75, 3.05) is 44.2 Å². The van der Waals surface area contributed by atoms with Crippen LogP contribution >= 0.6 is 11.5 Å². The largest absolute Gasteiger partial charge is 0.493 e.